The lowest BCUT2D eigenvalue weighted by Gasteiger charge is -2.02. The van der Waals surface area contributed by atoms with Crippen molar-refractivity contribution in [1.82, 2.24) is 4.98 Å². The van der Waals surface area contributed by atoms with Gasteiger partial charge in [-0.15, -0.1) is 0 Å². The summed E-state index contributed by atoms with van der Waals surface area (Å²) in [5.41, 5.74) is 1.94. The van der Waals surface area contributed by atoms with Crippen molar-refractivity contribution in [3.63, 3.8) is 0 Å². The summed E-state index contributed by atoms with van der Waals surface area (Å²) in [6.45, 7) is 4.21. The van der Waals surface area contributed by atoms with Crippen molar-refractivity contribution in [2.45, 2.75) is 13.8 Å². The Labute approximate surface area is 92.9 Å². The zero-order chi connectivity index (χ0) is 11.7. The van der Waals surface area contributed by atoms with Gasteiger partial charge in [-0.2, -0.15) is 0 Å². The fourth-order valence-corrected chi connectivity index (χ4v) is 1.78. The molecule has 2 aromatic rings. The highest BCUT2D eigenvalue weighted by Gasteiger charge is 2.18. The molecule has 0 spiro atoms. The van der Waals surface area contributed by atoms with Gasteiger partial charge in [0.1, 0.15) is 0 Å². The third-order valence-corrected chi connectivity index (χ3v) is 2.50. The molecule has 1 aromatic heterocycles. The second-order valence-electron chi connectivity index (χ2n) is 3.56. The van der Waals surface area contributed by atoms with Gasteiger partial charge in [0.2, 0.25) is 0 Å². The number of aromatic carboxylic acids is 1. The number of carbonyl (C=O) groups is 1. The van der Waals surface area contributed by atoms with Crippen LogP contribution in [-0.4, -0.2) is 22.7 Å². The maximum atomic E-state index is 11.1. The average Bonchev–Trinajstić information content (AvgIpc) is 2.60. The molecule has 4 nitrogen and oxygen atoms in total. The highest BCUT2D eigenvalue weighted by Crippen LogP contribution is 2.31. The molecule has 0 bridgehead atoms. The van der Waals surface area contributed by atoms with E-state index in [4.69, 9.17) is 9.84 Å². The van der Waals surface area contributed by atoms with Crippen molar-refractivity contribution in [3.8, 4) is 5.75 Å². The van der Waals surface area contributed by atoms with Crippen molar-refractivity contribution in [1.29, 1.82) is 0 Å². The molecule has 1 heterocycles. The molecule has 2 N–H and O–H groups in total. The number of hydrogen-bond donors (Lipinski definition) is 2. The summed E-state index contributed by atoms with van der Waals surface area (Å²) in [6, 6.07) is 5.68. The number of aryl methyl sites for hydroxylation is 1. The maximum absolute atomic E-state index is 11.1. The number of fused-ring (bicyclic) bond motifs is 1. The van der Waals surface area contributed by atoms with E-state index in [-0.39, 0.29) is 5.69 Å². The molecule has 0 fully saturated rings. The Morgan fingerprint density at radius 3 is 2.88 bits per heavy atom. The third-order valence-electron chi connectivity index (χ3n) is 2.50. The van der Waals surface area contributed by atoms with Crippen LogP contribution in [0.15, 0.2) is 18.2 Å². The zero-order valence-electron chi connectivity index (χ0n) is 9.20. The summed E-state index contributed by atoms with van der Waals surface area (Å²) >= 11 is 0. The smallest absolute Gasteiger partial charge is 0.356 e. The molecule has 0 amide bonds. The molecule has 0 saturated heterocycles. The van der Waals surface area contributed by atoms with E-state index < -0.39 is 5.97 Å². The predicted octanol–water partition coefficient (Wildman–Crippen LogP) is 2.57. The van der Waals surface area contributed by atoms with E-state index in [1.54, 1.807) is 0 Å². The van der Waals surface area contributed by atoms with Crippen LogP contribution >= 0.6 is 0 Å². The molecule has 4 heteroatoms. The fraction of sp³-hybridized carbons (Fsp3) is 0.250. The number of ether oxygens (including phenoxy) is 1. The van der Waals surface area contributed by atoms with E-state index in [1.165, 1.54) is 0 Å². The quantitative estimate of drug-likeness (QED) is 0.833. The summed E-state index contributed by atoms with van der Waals surface area (Å²) in [4.78, 5) is 14.0. The lowest BCUT2D eigenvalue weighted by molar-refractivity contribution is 0.0687. The first-order valence-corrected chi connectivity index (χ1v) is 5.12. The number of H-pyrrole nitrogens is 1. The largest absolute Gasteiger partial charge is 0.491 e. The number of carboxylic acid groups (broad SMARTS) is 1. The lowest BCUT2D eigenvalue weighted by atomic mass is 10.1. The number of para-hydroxylation sites is 1. The Balaban J connectivity index is 2.75. The highest BCUT2D eigenvalue weighted by molar-refractivity contribution is 6.01. The maximum Gasteiger partial charge on any atom is 0.356 e. The first-order valence-electron chi connectivity index (χ1n) is 5.12. The van der Waals surface area contributed by atoms with Crippen LogP contribution in [0.3, 0.4) is 0 Å². The summed E-state index contributed by atoms with van der Waals surface area (Å²) in [5, 5.41) is 9.89. The molecule has 2 rings (SSSR count). The van der Waals surface area contributed by atoms with Gasteiger partial charge < -0.3 is 14.8 Å². The minimum absolute atomic E-state index is 0.117. The number of hydrogen-bond acceptors (Lipinski definition) is 2. The molecule has 0 aliphatic heterocycles. The van der Waals surface area contributed by atoms with Gasteiger partial charge in [0, 0.05) is 5.39 Å². The Hall–Kier alpha value is -1.97. The van der Waals surface area contributed by atoms with E-state index in [0.29, 0.717) is 12.4 Å². The van der Waals surface area contributed by atoms with Gasteiger partial charge >= 0.3 is 5.97 Å². The standard InChI is InChI=1S/C12H13NO3/c1-3-16-11-8-6-4-5-7(2)9(8)13-10(11)12(14)15/h4-6,13H,3H2,1-2H3,(H,14,15). The van der Waals surface area contributed by atoms with Crippen LogP contribution in [0.2, 0.25) is 0 Å². The number of aromatic nitrogens is 1. The second-order valence-corrected chi connectivity index (χ2v) is 3.56. The van der Waals surface area contributed by atoms with Gasteiger partial charge in [0.05, 0.1) is 12.1 Å². The Kier molecular flexibility index (Phi) is 2.56. The van der Waals surface area contributed by atoms with Crippen LogP contribution < -0.4 is 4.74 Å². The van der Waals surface area contributed by atoms with Gasteiger partial charge in [-0.05, 0) is 25.5 Å². The number of carboxylic acids is 1. The molecule has 0 aliphatic carbocycles. The molecule has 0 aliphatic rings. The van der Waals surface area contributed by atoms with Crippen LogP contribution in [0.4, 0.5) is 0 Å². The summed E-state index contributed by atoms with van der Waals surface area (Å²) < 4.78 is 5.39. The van der Waals surface area contributed by atoms with E-state index in [0.717, 1.165) is 16.5 Å². The van der Waals surface area contributed by atoms with Crippen LogP contribution in [0.25, 0.3) is 10.9 Å². The summed E-state index contributed by atoms with van der Waals surface area (Å²) in [7, 11) is 0. The van der Waals surface area contributed by atoms with Gasteiger partial charge in [-0.3, -0.25) is 0 Å². The topological polar surface area (TPSA) is 62.3 Å². The zero-order valence-corrected chi connectivity index (χ0v) is 9.20. The third kappa shape index (κ3) is 1.52. The van der Waals surface area contributed by atoms with Crippen molar-refractivity contribution in [3.05, 3.63) is 29.5 Å². The Bertz CT molecular complexity index is 542. The van der Waals surface area contributed by atoms with E-state index in [2.05, 4.69) is 4.98 Å². The number of nitrogens with one attached hydrogen (secondary N) is 1. The lowest BCUT2D eigenvalue weighted by Crippen LogP contribution is -2.01. The van der Waals surface area contributed by atoms with Crippen molar-refractivity contribution < 1.29 is 14.6 Å². The van der Waals surface area contributed by atoms with Crippen LogP contribution in [0.5, 0.6) is 5.75 Å². The molecule has 0 saturated carbocycles. The minimum atomic E-state index is -1.00. The van der Waals surface area contributed by atoms with Crippen molar-refractivity contribution in [2.24, 2.45) is 0 Å². The molecule has 16 heavy (non-hydrogen) atoms. The summed E-state index contributed by atoms with van der Waals surface area (Å²) in [6.07, 6.45) is 0. The van der Waals surface area contributed by atoms with E-state index >= 15 is 0 Å². The van der Waals surface area contributed by atoms with Crippen molar-refractivity contribution in [2.75, 3.05) is 6.61 Å². The summed E-state index contributed by atoms with van der Waals surface area (Å²) in [5.74, 6) is -0.576. The van der Waals surface area contributed by atoms with Gasteiger partial charge in [0.15, 0.2) is 11.4 Å². The first kappa shape index (κ1) is 10.5. The number of rotatable bonds is 3. The predicted molar refractivity (Wildman–Crippen MR) is 61.2 cm³/mol. The Morgan fingerprint density at radius 1 is 1.50 bits per heavy atom. The molecular formula is C12H13NO3. The first-order chi connectivity index (χ1) is 7.65. The second kappa shape index (κ2) is 3.89. The number of aromatic amines is 1. The van der Waals surface area contributed by atoms with Gasteiger partial charge in [-0.1, -0.05) is 12.1 Å². The monoisotopic (exact) mass is 219 g/mol. The molecular weight excluding hydrogens is 206 g/mol. The molecule has 0 unspecified atom stereocenters. The molecule has 0 atom stereocenters. The average molecular weight is 219 g/mol. The highest BCUT2D eigenvalue weighted by atomic mass is 16.5. The Morgan fingerprint density at radius 2 is 2.25 bits per heavy atom. The fourth-order valence-electron chi connectivity index (χ4n) is 1.78. The van der Waals surface area contributed by atoms with Crippen LogP contribution in [-0.2, 0) is 0 Å². The molecule has 84 valence electrons. The molecule has 0 radical (unpaired) electrons. The van der Waals surface area contributed by atoms with Crippen LogP contribution in [0, 0.1) is 6.92 Å². The SMILES string of the molecule is CCOc1c(C(=O)O)[nH]c2c(C)cccc12. The number of benzene rings is 1. The van der Waals surface area contributed by atoms with Crippen molar-refractivity contribution >= 4 is 16.9 Å². The van der Waals surface area contributed by atoms with Gasteiger partial charge in [0.25, 0.3) is 0 Å². The van der Waals surface area contributed by atoms with Gasteiger partial charge in [-0.25, -0.2) is 4.79 Å². The minimum Gasteiger partial charge on any atom is -0.491 e. The van der Waals surface area contributed by atoms with E-state index in [9.17, 15) is 4.79 Å². The van der Waals surface area contributed by atoms with Crippen LogP contribution in [0.1, 0.15) is 23.0 Å². The van der Waals surface area contributed by atoms with E-state index in [1.807, 2.05) is 32.0 Å². The normalized spacial score (nSPS) is 10.6. The molecule has 1 aromatic carbocycles.